The molecule has 2 aromatic rings. The molecule has 86 valence electrons. The number of carboxylic acid groups (broad SMARTS) is 1. The summed E-state index contributed by atoms with van der Waals surface area (Å²) >= 11 is 0. The lowest BCUT2D eigenvalue weighted by atomic mass is 10.0. The van der Waals surface area contributed by atoms with Gasteiger partial charge in [0, 0.05) is 11.8 Å². The summed E-state index contributed by atoms with van der Waals surface area (Å²) in [4.78, 5) is 14.5. The van der Waals surface area contributed by atoms with E-state index in [9.17, 15) is 9.90 Å². The molecule has 2 rings (SSSR count). The summed E-state index contributed by atoms with van der Waals surface area (Å²) in [5, 5.41) is 18.1. The highest BCUT2D eigenvalue weighted by molar-refractivity contribution is 5.72. The van der Waals surface area contributed by atoms with Gasteiger partial charge in [-0.05, 0) is 17.2 Å². The molecule has 17 heavy (non-hydrogen) atoms. The van der Waals surface area contributed by atoms with Crippen LogP contribution in [0.15, 0.2) is 42.7 Å². The van der Waals surface area contributed by atoms with Crippen molar-refractivity contribution in [1.82, 2.24) is 4.98 Å². The molecule has 0 atom stereocenters. The summed E-state index contributed by atoms with van der Waals surface area (Å²) in [5.74, 6) is -0.776. The molecule has 0 aliphatic carbocycles. The van der Waals surface area contributed by atoms with Crippen molar-refractivity contribution in [2.24, 2.45) is 0 Å². The molecule has 0 saturated carbocycles. The summed E-state index contributed by atoms with van der Waals surface area (Å²) in [7, 11) is 0. The predicted molar refractivity (Wildman–Crippen MR) is 62.7 cm³/mol. The van der Waals surface area contributed by atoms with E-state index in [-0.39, 0.29) is 12.2 Å². The molecule has 0 fully saturated rings. The van der Waals surface area contributed by atoms with E-state index in [0.717, 1.165) is 16.7 Å². The Morgan fingerprint density at radius 1 is 1.18 bits per heavy atom. The zero-order chi connectivity index (χ0) is 12.3. The first-order chi connectivity index (χ1) is 8.15. The van der Waals surface area contributed by atoms with E-state index in [4.69, 9.17) is 5.11 Å². The molecule has 1 heterocycles. The van der Waals surface area contributed by atoms with Gasteiger partial charge in [0.15, 0.2) is 0 Å². The minimum atomic E-state index is -0.865. The fourth-order valence-corrected chi connectivity index (χ4v) is 1.62. The molecule has 0 aliphatic rings. The highest BCUT2D eigenvalue weighted by atomic mass is 16.4. The van der Waals surface area contributed by atoms with Gasteiger partial charge in [-0.2, -0.15) is 0 Å². The van der Waals surface area contributed by atoms with Crippen molar-refractivity contribution >= 4 is 5.97 Å². The molecule has 1 aromatic carbocycles. The summed E-state index contributed by atoms with van der Waals surface area (Å²) in [6, 6.07) is 8.77. The number of nitrogens with zero attached hydrogens (tertiary/aromatic N) is 1. The number of hydrogen-bond acceptors (Lipinski definition) is 3. The zero-order valence-corrected chi connectivity index (χ0v) is 9.00. The molecular weight excluding hydrogens is 218 g/mol. The predicted octanol–water partition coefficient (Wildman–Crippen LogP) is 2.08. The molecule has 1 aromatic heterocycles. The number of pyridine rings is 1. The van der Waals surface area contributed by atoms with E-state index in [1.807, 2.05) is 6.07 Å². The first-order valence-corrected chi connectivity index (χ1v) is 5.10. The van der Waals surface area contributed by atoms with Crippen molar-refractivity contribution in [3.05, 3.63) is 48.3 Å². The van der Waals surface area contributed by atoms with Crippen molar-refractivity contribution < 1.29 is 15.0 Å². The van der Waals surface area contributed by atoms with Gasteiger partial charge in [0.1, 0.15) is 5.75 Å². The molecule has 0 unspecified atom stereocenters. The Kier molecular flexibility index (Phi) is 3.05. The molecule has 0 radical (unpaired) electrons. The van der Waals surface area contributed by atoms with Crippen LogP contribution in [0.4, 0.5) is 0 Å². The standard InChI is InChI=1S/C13H11NO3/c15-12-6-11(7-14-8-12)10-3-1-2-9(4-10)5-13(16)17/h1-4,6-8,15H,5H2,(H,16,17). The van der Waals surface area contributed by atoms with Crippen LogP contribution in [0.1, 0.15) is 5.56 Å². The van der Waals surface area contributed by atoms with Crippen LogP contribution in [-0.4, -0.2) is 21.2 Å². The minimum Gasteiger partial charge on any atom is -0.506 e. The smallest absolute Gasteiger partial charge is 0.307 e. The van der Waals surface area contributed by atoms with Crippen molar-refractivity contribution in [3.8, 4) is 16.9 Å². The van der Waals surface area contributed by atoms with Crippen LogP contribution in [0.25, 0.3) is 11.1 Å². The van der Waals surface area contributed by atoms with Crippen LogP contribution in [-0.2, 0) is 11.2 Å². The molecular formula is C13H11NO3. The van der Waals surface area contributed by atoms with Gasteiger partial charge in [-0.1, -0.05) is 24.3 Å². The lowest BCUT2D eigenvalue weighted by Crippen LogP contribution is -1.99. The van der Waals surface area contributed by atoms with Gasteiger partial charge >= 0.3 is 5.97 Å². The summed E-state index contributed by atoms with van der Waals surface area (Å²) < 4.78 is 0. The molecule has 0 amide bonds. The van der Waals surface area contributed by atoms with Gasteiger partial charge in [0.25, 0.3) is 0 Å². The maximum atomic E-state index is 10.6. The van der Waals surface area contributed by atoms with Gasteiger partial charge in [-0.15, -0.1) is 0 Å². The normalized spacial score (nSPS) is 10.1. The van der Waals surface area contributed by atoms with Crippen LogP contribution in [0.2, 0.25) is 0 Å². The quantitative estimate of drug-likeness (QED) is 0.845. The number of rotatable bonds is 3. The van der Waals surface area contributed by atoms with Crippen molar-refractivity contribution in [2.45, 2.75) is 6.42 Å². The van der Waals surface area contributed by atoms with Crippen LogP contribution in [0.5, 0.6) is 5.75 Å². The monoisotopic (exact) mass is 229 g/mol. The Bertz CT molecular complexity index is 552. The third-order valence-corrected chi connectivity index (χ3v) is 2.34. The van der Waals surface area contributed by atoms with Crippen molar-refractivity contribution in [3.63, 3.8) is 0 Å². The van der Waals surface area contributed by atoms with E-state index < -0.39 is 5.97 Å². The minimum absolute atomic E-state index is 0.0138. The Morgan fingerprint density at radius 3 is 2.71 bits per heavy atom. The van der Waals surface area contributed by atoms with E-state index in [1.54, 1.807) is 30.5 Å². The first kappa shape index (κ1) is 11.1. The second-order valence-corrected chi connectivity index (χ2v) is 3.70. The number of carbonyl (C=O) groups is 1. The molecule has 2 N–H and O–H groups in total. The third kappa shape index (κ3) is 2.81. The summed E-state index contributed by atoms with van der Waals surface area (Å²) in [6.45, 7) is 0. The van der Waals surface area contributed by atoms with Gasteiger partial charge in [-0.25, -0.2) is 0 Å². The number of aromatic hydroxyl groups is 1. The van der Waals surface area contributed by atoms with E-state index in [1.165, 1.54) is 6.20 Å². The van der Waals surface area contributed by atoms with Crippen molar-refractivity contribution in [2.75, 3.05) is 0 Å². The molecule has 4 heteroatoms. The van der Waals surface area contributed by atoms with Gasteiger partial charge in [0.2, 0.25) is 0 Å². The number of aliphatic carboxylic acids is 1. The maximum Gasteiger partial charge on any atom is 0.307 e. The van der Waals surface area contributed by atoms with E-state index in [0.29, 0.717) is 0 Å². The lowest BCUT2D eigenvalue weighted by Gasteiger charge is -2.04. The highest BCUT2D eigenvalue weighted by Crippen LogP contribution is 2.22. The van der Waals surface area contributed by atoms with Crippen LogP contribution in [0, 0.1) is 0 Å². The number of carboxylic acids is 1. The van der Waals surface area contributed by atoms with Crippen LogP contribution < -0.4 is 0 Å². The first-order valence-electron chi connectivity index (χ1n) is 5.10. The summed E-state index contributed by atoms with van der Waals surface area (Å²) in [5.41, 5.74) is 2.32. The number of hydrogen-bond donors (Lipinski definition) is 2. The fourth-order valence-electron chi connectivity index (χ4n) is 1.62. The molecule has 0 spiro atoms. The SMILES string of the molecule is O=C(O)Cc1cccc(-c2cncc(O)c2)c1. The van der Waals surface area contributed by atoms with Crippen LogP contribution in [0.3, 0.4) is 0 Å². The Balaban J connectivity index is 2.36. The topological polar surface area (TPSA) is 70.4 Å². The van der Waals surface area contributed by atoms with Gasteiger partial charge in [0.05, 0.1) is 12.6 Å². The second-order valence-electron chi connectivity index (χ2n) is 3.70. The lowest BCUT2D eigenvalue weighted by molar-refractivity contribution is -0.136. The summed E-state index contributed by atoms with van der Waals surface area (Å²) in [6.07, 6.45) is 2.96. The number of benzene rings is 1. The maximum absolute atomic E-state index is 10.6. The van der Waals surface area contributed by atoms with E-state index in [2.05, 4.69) is 4.98 Å². The fraction of sp³-hybridized carbons (Fsp3) is 0.0769. The highest BCUT2D eigenvalue weighted by Gasteiger charge is 2.03. The average Bonchev–Trinajstić information content (AvgIpc) is 2.28. The third-order valence-electron chi connectivity index (χ3n) is 2.34. The average molecular weight is 229 g/mol. The molecule has 4 nitrogen and oxygen atoms in total. The van der Waals surface area contributed by atoms with Gasteiger partial charge < -0.3 is 10.2 Å². The molecule has 0 saturated heterocycles. The van der Waals surface area contributed by atoms with E-state index >= 15 is 0 Å². The van der Waals surface area contributed by atoms with Gasteiger partial charge in [-0.3, -0.25) is 9.78 Å². The molecule has 0 bridgehead atoms. The zero-order valence-electron chi connectivity index (χ0n) is 9.00. The Labute approximate surface area is 98.2 Å². The van der Waals surface area contributed by atoms with Crippen molar-refractivity contribution in [1.29, 1.82) is 0 Å². The Hall–Kier alpha value is -2.36. The molecule has 0 aliphatic heterocycles. The number of aromatic nitrogens is 1. The Morgan fingerprint density at radius 2 is 2.00 bits per heavy atom. The van der Waals surface area contributed by atoms with Crippen LogP contribution >= 0.6 is 0 Å². The largest absolute Gasteiger partial charge is 0.506 e. The second kappa shape index (κ2) is 4.65.